The Bertz CT molecular complexity index is 1300. The first kappa shape index (κ1) is 49.1. The fraction of sp³-hybridized carbons (Fsp3) is 0.727. The van der Waals surface area contributed by atoms with Crippen LogP contribution in [0.2, 0.25) is 0 Å². The molecule has 0 spiro atoms. The van der Waals surface area contributed by atoms with E-state index in [1.165, 1.54) is 13.8 Å². The van der Waals surface area contributed by atoms with Gasteiger partial charge in [-0.3, -0.25) is 38.4 Å². The second-order valence-electron chi connectivity index (χ2n) is 13.4. The van der Waals surface area contributed by atoms with E-state index in [9.17, 15) is 58.5 Å². The monoisotopic (exact) mass is 773 g/mol. The molecule has 0 aliphatic carbocycles. The molecule has 0 aromatic heterocycles. The van der Waals surface area contributed by atoms with Crippen molar-refractivity contribution in [1.82, 2.24) is 31.9 Å². The number of rotatable bonds is 28. The van der Waals surface area contributed by atoms with Gasteiger partial charge in [0.25, 0.3) is 0 Å². The van der Waals surface area contributed by atoms with Gasteiger partial charge >= 0.3 is 17.9 Å². The minimum atomic E-state index is -1.69. The zero-order valence-corrected chi connectivity index (χ0v) is 31.4. The van der Waals surface area contributed by atoms with Crippen molar-refractivity contribution < 1.29 is 58.5 Å². The number of carbonyl (C=O) groups excluding carboxylic acids is 6. The van der Waals surface area contributed by atoms with Crippen LogP contribution < -0.4 is 49.1 Å². The predicted molar refractivity (Wildman–Crippen MR) is 193 cm³/mol. The highest BCUT2D eigenvalue weighted by molar-refractivity contribution is 5.97. The van der Waals surface area contributed by atoms with Crippen molar-refractivity contribution in [2.75, 3.05) is 13.1 Å². The number of unbranched alkanes of at least 4 members (excludes halogenated alkanes) is 2. The molecule has 7 atom stereocenters. The van der Waals surface area contributed by atoms with Crippen LogP contribution in [0, 0.1) is 5.92 Å². The lowest BCUT2D eigenvalue weighted by Gasteiger charge is -2.26. The predicted octanol–water partition coefficient (Wildman–Crippen LogP) is -3.01. The number of nitrogens with two attached hydrogens (primary N) is 3. The lowest BCUT2D eigenvalue weighted by Crippen LogP contribution is -2.59. The standard InChI is InChI=1S/C33H59N9O12/c1-17(2)15-20(36)29(49)42-24(16-26(45)46)32(52)40-22(11-12-25(43)44)31(51)39-21(9-5-7-13-34)30(50)38-18(3)27(47)37-19(4)28(48)41-23(33(53)54)10-6-8-14-35/h17-24H,5-16,34-36H2,1-4H3,(H,37,47)(H,38,50)(H,39,51)(H,40,52)(H,41,48)(H,42,49)(H,43,44)(H,45,46)(H,53,54)/t18-,19-,20-,21-,22-,23-,24-/m0/s1. The van der Waals surface area contributed by atoms with Gasteiger partial charge < -0.3 is 64.4 Å². The number of hydrogen-bond acceptors (Lipinski definition) is 12. The van der Waals surface area contributed by atoms with Crippen LogP contribution in [0.5, 0.6) is 0 Å². The van der Waals surface area contributed by atoms with Gasteiger partial charge in [-0.15, -0.1) is 0 Å². The van der Waals surface area contributed by atoms with Crippen molar-refractivity contribution in [1.29, 1.82) is 0 Å². The molecule has 0 saturated carbocycles. The van der Waals surface area contributed by atoms with Gasteiger partial charge in [0.15, 0.2) is 0 Å². The van der Waals surface area contributed by atoms with E-state index in [1.807, 2.05) is 0 Å². The lowest BCUT2D eigenvalue weighted by molar-refractivity contribution is -0.142. The van der Waals surface area contributed by atoms with Crippen molar-refractivity contribution in [2.24, 2.45) is 23.1 Å². The van der Waals surface area contributed by atoms with Gasteiger partial charge in [-0.25, -0.2) is 4.79 Å². The highest BCUT2D eigenvalue weighted by Crippen LogP contribution is 2.08. The van der Waals surface area contributed by atoms with Gasteiger partial charge in [0.1, 0.15) is 36.3 Å². The summed E-state index contributed by atoms with van der Waals surface area (Å²) in [6, 6.07) is -9.39. The van der Waals surface area contributed by atoms with Gasteiger partial charge in [0.05, 0.1) is 12.5 Å². The van der Waals surface area contributed by atoms with Crippen LogP contribution in [0.4, 0.5) is 0 Å². The average molecular weight is 774 g/mol. The maximum Gasteiger partial charge on any atom is 0.326 e. The fourth-order valence-electron chi connectivity index (χ4n) is 4.95. The minimum absolute atomic E-state index is 0.000644. The Hall–Kier alpha value is -4.89. The van der Waals surface area contributed by atoms with Crippen LogP contribution >= 0.6 is 0 Å². The molecular formula is C33H59N9O12. The molecule has 0 heterocycles. The van der Waals surface area contributed by atoms with Gasteiger partial charge in [0, 0.05) is 6.42 Å². The molecule has 0 aliphatic rings. The Kier molecular flexibility index (Phi) is 23.6. The first-order valence-corrected chi connectivity index (χ1v) is 17.9. The van der Waals surface area contributed by atoms with Crippen LogP contribution in [0.3, 0.4) is 0 Å². The van der Waals surface area contributed by atoms with Gasteiger partial charge in [-0.05, 0) is 84.2 Å². The van der Waals surface area contributed by atoms with Crippen LogP contribution in [0.15, 0.2) is 0 Å². The largest absolute Gasteiger partial charge is 0.481 e. The summed E-state index contributed by atoms with van der Waals surface area (Å²) >= 11 is 0. The Balaban J connectivity index is 5.90. The second-order valence-corrected chi connectivity index (χ2v) is 13.4. The molecule has 0 saturated heterocycles. The Morgan fingerprint density at radius 2 is 0.907 bits per heavy atom. The minimum Gasteiger partial charge on any atom is -0.481 e. The molecule has 21 heteroatoms. The first-order chi connectivity index (χ1) is 25.2. The Morgan fingerprint density at radius 3 is 1.37 bits per heavy atom. The third kappa shape index (κ3) is 20.4. The summed E-state index contributed by atoms with van der Waals surface area (Å²) in [6.45, 7) is 6.80. The summed E-state index contributed by atoms with van der Waals surface area (Å²) in [5, 5.41) is 42.2. The Morgan fingerprint density at radius 1 is 0.500 bits per heavy atom. The molecule has 0 rings (SSSR count). The van der Waals surface area contributed by atoms with Gasteiger partial charge in [-0.1, -0.05) is 13.8 Å². The molecule has 0 fully saturated rings. The average Bonchev–Trinajstić information content (AvgIpc) is 3.07. The summed E-state index contributed by atoms with van der Waals surface area (Å²) in [5.41, 5.74) is 16.9. The number of carboxylic acid groups (broad SMARTS) is 3. The maximum absolute atomic E-state index is 13.5. The SMILES string of the molecule is CC(C)C[C@H](N)C(=O)N[C@@H](CC(=O)O)C(=O)N[C@@H](CCC(=O)O)C(=O)N[C@@H](CCCCN)C(=O)N[C@@H](C)C(=O)N[C@@H](C)C(=O)N[C@@H](CCCCN)C(=O)O. The molecule has 0 aromatic carbocycles. The number of amides is 6. The van der Waals surface area contributed by atoms with Gasteiger partial charge in [0.2, 0.25) is 35.4 Å². The van der Waals surface area contributed by atoms with E-state index in [-0.39, 0.29) is 31.7 Å². The molecule has 308 valence electrons. The third-order valence-corrected chi connectivity index (χ3v) is 8.00. The number of hydrogen-bond donors (Lipinski definition) is 12. The summed E-state index contributed by atoms with van der Waals surface area (Å²) in [5.74, 6) is -9.48. The number of nitrogens with one attached hydrogen (secondary N) is 6. The van der Waals surface area contributed by atoms with E-state index in [2.05, 4.69) is 31.9 Å². The van der Waals surface area contributed by atoms with Crippen LogP contribution in [-0.2, 0) is 43.2 Å². The maximum atomic E-state index is 13.5. The lowest BCUT2D eigenvalue weighted by atomic mass is 10.0. The fourth-order valence-corrected chi connectivity index (χ4v) is 4.95. The first-order valence-electron chi connectivity index (χ1n) is 17.9. The number of carbonyl (C=O) groups is 9. The number of aliphatic carboxylic acids is 3. The van der Waals surface area contributed by atoms with Gasteiger partial charge in [-0.2, -0.15) is 0 Å². The number of carboxylic acids is 3. The molecule has 0 aliphatic heterocycles. The molecule has 54 heavy (non-hydrogen) atoms. The summed E-state index contributed by atoms with van der Waals surface area (Å²) < 4.78 is 0. The van der Waals surface area contributed by atoms with Crippen molar-refractivity contribution in [3.63, 3.8) is 0 Å². The second kappa shape index (κ2) is 26.0. The van der Waals surface area contributed by atoms with Crippen molar-refractivity contribution >= 4 is 53.4 Å². The Labute approximate surface area is 314 Å². The molecule has 0 radical (unpaired) electrons. The van der Waals surface area contributed by atoms with Crippen LogP contribution in [-0.4, -0.2) is 124 Å². The molecule has 15 N–H and O–H groups in total. The zero-order valence-electron chi connectivity index (χ0n) is 31.4. The molecule has 0 unspecified atom stereocenters. The van der Waals surface area contributed by atoms with Crippen molar-refractivity contribution in [3.8, 4) is 0 Å². The highest BCUT2D eigenvalue weighted by Gasteiger charge is 2.33. The van der Waals surface area contributed by atoms with Crippen LogP contribution in [0.25, 0.3) is 0 Å². The third-order valence-electron chi connectivity index (χ3n) is 8.00. The van der Waals surface area contributed by atoms with Crippen molar-refractivity contribution in [3.05, 3.63) is 0 Å². The van der Waals surface area contributed by atoms with E-state index < -0.39 is 115 Å². The smallest absolute Gasteiger partial charge is 0.326 e. The van der Waals surface area contributed by atoms with Crippen LogP contribution in [0.1, 0.15) is 91.9 Å². The summed E-state index contributed by atoms with van der Waals surface area (Å²) in [4.78, 5) is 113. The van der Waals surface area contributed by atoms with E-state index in [4.69, 9.17) is 17.2 Å². The summed E-state index contributed by atoms with van der Waals surface area (Å²) in [7, 11) is 0. The van der Waals surface area contributed by atoms with E-state index in [0.29, 0.717) is 32.2 Å². The highest BCUT2D eigenvalue weighted by atomic mass is 16.4. The molecule has 21 nitrogen and oxygen atoms in total. The van der Waals surface area contributed by atoms with E-state index in [1.54, 1.807) is 13.8 Å². The molecule has 0 bridgehead atoms. The normalized spacial score (nSPS) is 14.9. The van der Waals surface area contributed by atoms with E-state index >= 15 is 0 Å². The molecule has 0 aromatic rings. The van der Waals surface area contributed by atoms with E-state index in [0.717, 1.165) is 0 Å². The molecular weight excluding hydrogens is 714 g/mol. The zero-order chi connectivity index (χ0) is 41.5. The molecule has 6 amide bonds. The quantitative estimate of drug-likeness (QED) is 0.0352. The van der Waals surface area contributed by atoms with Crippen molar-refractivity contribution in [2.45, 2.75) is 134 Å². The topological polar surface area (TPSA) is 365 Å². The summed E-state index contributed by atoms with van der Waals surface area (Å²) in [6.07, 6.45) is 0.0874.